The highest BCUT2D eigenvalue weighted by Gasteiger charge is 2.43. The maximum Gasteiger partial charge on any atom is 0.246 e. The van der Waals surface area contributed by atoms with Gasteiger partial charge < -0.3 is 41.1 Å². The first-order valence-electron chi connectivity index (χ1n) is 24.0. The van der Waals surface area contributed by atoms with Crippen LogP contribution in [0.15, 0.2) is 66.7 Å². The summed E-state index contributed by atoms with van der Waals surface area (Å²) in [7, 11) is 1.72. The number of rotatable bonds is 20. The fraction of sp³-hybridized carbons (Fsp3) is 0.560. The van der Waals surface area contributed by atoms with Gasteiger partial charge in [0, 0.05) is 38.6 Å². The zero-order valence-corrected chi connectivity index (χ0v) is 38.9. The number of anilines is 1. The molecule has 4 aliphatic rings. The van der Waals surface area contributed by atoms with Crippen LogP contribution in [0.5, 0.6) is 0 Å². The van der Waals surface area contributed by atoms with Crippen molar-refractivity contribution in [1.29, 1.82) is 0 Å². The number of benzene rings is 2. The van der Waals surface area contributed by atoms with Crippen LogP contribution in [0.3, 0.4) is 0 Å². The van der Waals surface area contributed by atoms with Crippen LogP contribution >= 0.6 is 11.3 Å². The van der Waals surface area contributed by atoms with Gasteiger partial charge in [-0.15, -0.1) is 0 Å². The third-order valence-electron chi connectivity index (χ3n) is 13.5. The number of hydrogen-bond donors (Lipinski definition) is 5. The summed E-state index contributed by atoms with van der Waals surface area (Å²) in [6, 6.07) is 16.5. The van der Waals surface area contributed by atoms with Crippen LogP contribution in [0.2, 0.25) is 0 Å². The molecule has 3 fully saturated rings. The number of allylic oxidation sites excluding steroid dienone is 1. The number of nitrogens with one attached hydrogen (secondary N) is 5. The van der Waals surface area contributed by atoms with E-state index >= 15 is 0 Å². The molecule has 1 aromatic heterocycles. The molecule has 2 unspecified atom stereocenters. The predicted molar refractivity (Wildman–Crippen MR) is 254 cm³/mol. The van der Waals surface area contributed by atoms with Gasteiger partial charge in [0.25, 0.3) is 0 Å². The van der Waals surface area contributed by atoms with Gasteiger partial charge in [0.2, 0.25) is 29.5 Å². The Hall–Kier alpha value is -5.12. The van der Waals surface area contributed by atoms with Crippen LogP contribution in [0.1, 0.15) is 118 Å². The molecular formula is C50H68N8O6S. The zero-order valence-electron chi connectivity index (χ0n) is 38.1. The molecule has 1 saturated carbocycles. The molecule has 0 radical (unpaired) electrons. The summed E-state index contributed by atoms with van der Waals surface area (Å²) >= 11 is 1.64. The van der Waals surface area contributed by atoms with Crippen molar-refractivity contribution in [3.8, 4) is 0 Å². The number of carbonyl (C=O) groups is 5. The van der Waals surface area contributed by atoms with Crippen LogP contribution < -0.4 is 31.5 Å². The third-order valence-corrected chi connectivity index (χ3v) is 14.6. The van der Waals surface area contributed by atoms with E-state index in [-0.39, 0.29) is 41.4 Å². The van der Waals surface area contributed by atoms with Gasteiger partial charge in [-0.05, 0) is 82.0 Å². The van der Waals surface area contributed by atoms with Crippen molar-refractivity contribution < 1.29 is 28.7 Å². The minimum Gasteiger partial charge on any atom is -0.378 e. The second-order valence-electron chi connectivity index (χ2n) is 17.9. The minimum atomic E-state index is -0.969. The lowest BCUT2D eigenvalue weighted by Crippen LogP contribution is -2.59. The number of aromatic nitrogens is 1. The number of carbonyl (C=O) groups excluding carboxylic acids is 5. The Labute approximate surface area is 388 Å². The lowest BCUT2D eigenvalue weighted by atomic mass is 9.83. The normalized spacial score (nSPS) is 20.1. The van der Waals surface area contributed by atoms with Crippen LogP contribution in [0.4, 0.5) is 5.13 Å². The molecule has 7 rings (SSSR count). The van der Waals surface area contributed by atoms with Crippen molar-refractivity contribution in [2.45, 2.75) is 120 Å². The van der Waals surface area contributed by atoms with Crippen LogP contribution in [-0.4, -0.2) is 117 Å². The van der Waals surface area contributed by atoms with Crippen molar-refractivity contribution >= 4 is 52.1 Å². The van der Waals surface area contributed by atoms with E-state index in [4.69, 9.17) is 9.72 Å². The Balaban J connectivity index is 0.960. The van der Waals surface area contributed by atoms with Gasteiger partial charge in [0.1, 0.15) is 18.1 Å². The van der Waals surface area contributed by atoms with Gasteiger partial charge in [0.15, 0.2) is 5.13 Å². The van der Waals surface area contributed by atoms with Crippen molar-refractivity contribution in [3.63, 3.8) is 0 Å². The molecule has 0 spiro atoms. The molecule has 2 aliphatic heterocycles. The predicted octanol–water partition coefficient (Wildman–Crippen LogP) is 5.25. The first-order valence-corrected chi connectivity index (χ1v) is 24.8. The van der Waals surface area contributed by atoms with E-state index in [1.54, 1.807) is 30.2 Å². The number of ether oxygens (including phenoxy) is 1. The van der Waals surface area contributed by atoms with Gasteiger partial charge in [0.05, 0.1) is 35.7 Å². The molecule has 2 saturated heterocycles. The molecule has 15 heteroatoms. The molecule has 3 aromatic rings. The maximum absolute atomic E-state index is 14.5. The number of nitrogens with zero attached hydrogens (tertiary/aromatic N) is 3. The van der Waals surface area contributed by atoms with E-state index < -0.39 is 30.1 Å². The summed E-state index contributed by atoms with van der Waals surface area (Å²) in [6.07, 6.45) is 13.9. The van der Waals surface area contributed by atoms with E-state index in [1.165, 1.54) is 0 Å². The van der Waals surface area contributed by atoms with Crippen LogP contribution in [0.25, 0.3) is 6.08 Å². The van der Waals surface area contributed by atoms with Crippen molar-refractivity contribution in [3.05, 3.63) is 88.4 Å². The largest absolute Gasteiger partial charge is 0.378 e. The number of unbranched alkanes of at least 4 members (excludes halogenated alkanes) is 3. The number of likely N-dealkylation sites (N-methyl/N-ethyl adjacent to an activating group) is 1. The molecular weight excluding hydrogens is 841 g/mol. The highest BCUT2D eigenvalue weighted by Crippen LogP contribution is 2.37. The first kappa shape index (κ1) is 47.8. The smallest absolute Gasteiger partial charge is 0.246 e. The summed E-state index contributed by atoms with van der Waals surface area (Å²) in [5, 5.41) is 16.4. The summed E-state index contributed by atoms with van der Waals surface area (Å²) in [5.41, 5.74) is 2.63. The molecule has 14 nitrogen and oxygen atoms in total. The summed E-state index contributed by atoms with van der Waals surface area (Å²) < 4.78 is 5.50. The van der Waals surface area contributed by atoms with Gasteiger partial charge >= 0.3 is 0 Å². The fourth-order valence-electron chi connectivity index (χ4n) is 9.69. The van der Waals surface area contributed by atoms with E-state index in [9.17, 15) is 24.0 Å². The van der Waals surface area contributed by atoms with Gasteiger partial charge in [-0.2, -0.15) is 0 Å². The summed E-state index contributed by atoms with van der Waals surface area (Å²) in [4.78, 5) is 79.8. The molecule has 2 aliphatic carbocycles. The highest BCUT2D eigenvalue weighted by molar-refractivity contribution is 7.16. The van der Waals surface area contributed by atoms with Crippen molar-refractivity contribution in [2.24, 2.45) is 5.92 Å². The van der Waals surface area contributed by atoms with Crippen LogP contribution in [-0.2, 0) is 28.7 Å². The van der Waals surface area contributed by atoms with Gasteiger partial charge in [-0.3, -0.25) is 24.0 Å². The average molecular weight is 909 g/mol. The Kier molecular flexibility index (Phi) is 17.6. The number of hydrogen-bond acceptors (Lipinski definition) is 10. The molecule has 3 heterocycles. The molecule has 350 valence electrons. The Morgan fingerprint density at radius 1 is 0.769 bits per heavy atom. The zero-order chi connectivity index (χ0) is 45.5. The average Bonchev–Trinajstić information content (AvgIpc) is 4.03. The van der Waals surface area contributed by atoms with E-state index in [0.717, 1.165) is 97.7 Å². The number of amides is 5. The number of likely N-dealkylation sites (tertiary alicyclic amines) is 1. The second kappa shape index (κ2) is 23.9. The Morgan fingerprint density at radius 3 is 2.09 bits per heavy atom. The molecule has 0 bridgehead atoms. The topological polar surface area (TPSA) is 174 Å². The molecule has 5 N–H and O–H groups in total. The quantitative estimate of drug-likeness (QED) is 0.0950. The maximum atomic E-state index is 14.5. The number of fused-ring (bicyclic) bond motifs is 1. The summed E-state index contributed by atoms with van der Waals surface area (Å²) in [5.74, 6) is -1.95. The van der Waals surface area contributed by atoms with Crippen LogP contribution in [0, 0.1) is 5.92 Å². The van der Waals surface area contributed by atoms with E-state index in [2.05, 4.69) is 43.6 Å². The first-order chi connectivity index (χ1) is 31.7. The molecule has 5 amide bonds. The standard InChI is InChI=1S/C50H68N8O6S/c1-34(51-2)45(59)54-42(37-22-12-7-13-23-37)49(63)58-29-17-25-39(58)47(61)55-44(41(35-18-8-5-9-19-35)36-20-10-6-11-21-36)48(62)53-28-15-4-3-14-27-52-46(60)38-24-16-26-40-43(38)56-50(65-40)57-30-32-64-33-31-57/h5-6,8-11,16,18-21,26,34,37-39,41-42,44,51H,3-4,7,12-15,17,22-25,27-33H2,1-2H3,(H,52,60)(H,53,62)(H,54,59)(H,55,61)/t34-,38?,39-,42-,44?/m0/s1. The SMILES string of the molecule is CN[C@@H](C)C(=O)N[C@H](C(=O)N1CCC[C@H]1C(=O)NC(C(=O)NCCCCCCNC(=O)C1CC=Cc2sc(N3CCOCC3)nc21)C(c1ccccc1)c1ccccc1)C1CCCCC1. The van der Waals surface area contributed by atoms with Crippen molar-refractivity contribution in [2.75, 3.05) is 57.9 Å². The summed E-state index contributed by atoms with van der Waals surface area (Å²) in [6.45, 7) is 6.13. The second-order valence-corrected chi connectivity index (χ2v) is 18.9. The lowest BCUT2D eigenvalue weighted by molar-refractivity contribution is -0.143. The molecule has 5 atom stereocenters. The fourth-order valence-corrected chi connectivity index (χ4v) is 10.8. The van der Waals surface area contributed by atoms with Gasteiger partial charge in [-0.1, -0.05) is 110 Å². The number of thiazole rings is 1. The van der Waals surface area contributed by atoms with Crippen molar-refractivity contribution in [1.82, 2.24) is 36.5 Å². The third kappa shape index (κ3) is 12.4. The Bertz CT molecular complexity index is 2030. The minimum absolute atomic E-state index is 0.00113. The number of morpholine rings is 1. The monoisotopic (exact) mass is 908 g/mol. The van der Waals surface area contributed by atoms with Gasteiger partial charge in [-0.25, -0.2) is 4.98 Å². The Morgan fingerprint density at radius 2 is 1.43 bits per heavy atom. The highest BCUT2D eigenvalue weighted by atomic mass is 32.1. The molecule has 2 aromatic carbocycles. The molecule has 65 heavy (non-hydrogen) atoms. The lowest BCUT2D eigenvalue weighted by Gasteiger charge is -2.36. The van der Waals surface area contributed by atoms with E-state index in [0.29, 0.717) is 52.1 Å². The van der Waals surface area contributed by atoms with E-state index in [1.807, 2.05) is 60.7 Å².